The van der Waals surface area contributed by atoms with E-state index in [1.807, 2.05) is 12.1 Å². The Kier molecular flexibility index (Phi) is 2.79. The Morgan fingerprint density at radius 2 is 2.13 bits per heavy atom. The van der Waals surface area contributed by atoms with Crippen molar-refractivity contribution >= 4 is 23.3 Å². The van der Waals surface area contributed by atoms with Gasteiger partial charge in [-0.1, -0.05) is 23.7 Å². The van der Waals surface area contributed by atoms with Crippen molar-refractivity contribution in [3.63, 3.8) is 0 Å². The summed E-state index contributed by atoms with van der Waals surface area (Å²) in [6.45, 7) is 0. The Labute approximate surface area is 92.8 Å². The van der Waals surface area contributed by atoms with E-state index >= 15 is 0 Å². The third-order valence-electron chi connectivity index (χ3n) is 2.28. The summed E-state index contributed by atoms with van der Waals surface area (Å²) >= 11 is 5.88. The Hall–Kier alpha value is -1.26. The molecule has 1 aromatic rings. The van der Waals surface area contributed by atoms with Crippen molar-refractivity contribution < 1.29 is 4.79 Å². The highest BCUT2D eigenvalue weighted by Gasteiger charge is 2.34. The molecule has 0 radical (unpaired) electrons. The predicted octanol–water partition coefficient (Wildman–Crippen LogP) is 1.56. The van der Waals surface area contributed by atoms with Gasteiger partial charge in [0, 0.05) is 12.1 Å². The number of nitrogens with one attached hydrogen (secondary N) is 2. The molecule has 0 heterocycles. The number of urea groups is 1. The molecule has 2 rings (SSSR count). The molecule has 0 aliphatic heterocycles. The lowest BCUT2D eigenvalue weighted by Crippen LogP contribution is -2.33. The zero-order chi connectivity index (χ0) is 10.8. The minimum atomic E-state index is -0.263. The largest absolute Gasteiger partial charge is 0.334 e. The number of rotatable bonds is 2. The van der Waals surface area contributed by atoms with Crippen molar-refractivity contribution in [1.29, 1.82) is 0 Å². The van der Waals surface area contributed by atoms with Crippen LogP contribution in [0.5, 0.6) is 0 Å². The lowest BCUT2D eigenvalue weighted by molar-refractivity contribution is 0.251. The van der Waals surface area contributed by atoms with Gasteiger partial charge in [-0.2, -0.15) is 0 Å². The number of carbonyl (C=O) groups excluding carboxylic acids is 1. The first-order valence-corrected chi connectivity index (χ1v) is 5.12. The van der Waals surface area contributed by atoms with Crippen molar-refractivity contribution in [2.45, 2.75) is 18.5 Å². The Morgan fingerprint density at radius 3 is 2.73 bits per heavy atom. The number of benzene rings is 1. The lowest BCUT2D eigenvalue weighted by atomic mass is 10.3. The summed E-state index contributed by atoms with van der Waals surface area (Å²) in [7, 11) is 0. The summed E-state index contributed by atoms with van der Waals surface area (Å²) in [4.78, 5) is 11.4. The van der Waals surface area contributed by atoms with Gasteiger partial charge in [-0.3, -0.25) is 0 Å². The van der Waals surface area contributed by atoms with Gasteiger partial charge in [0.25, 0.3) is 0 Å². The quantitative estimate of drug-likeness (QED) is 0.715. The highest BCUT2D eigenvalue weighted by atomic mass is 35.5. The molecule has 1 aliphatic rings. The molecule has 0 bridgehead atoms. The molecular formula is C10H12ClN3O. The van der Waals surface area contributed by atoms with Crippen molar-refractivity contribution in [2.75, 3.05) is 5.32 Å². The second kappa shape index (κ2) is 4.08. The van der Waals surface area contributed by atoms with E-state index in [0.717, 1.165) is 6.42 Å². The minimum absolute atomic E-state index is 0.0991. The maximum atomic E-state index is 11.4. The molecule has 2 atom stereocenters. The van der Waals surface area contributed by atoms with E-state index < -0.39 is 0 Å². The van der Waals surface area contributed by atoms with Gasteiger partial charge in [-0.05, 0) is 18.6 Å². The van der Waals surface area contributed by atoms with Crippen LogP contribution in [0.15, 0.2) is 24.3 Å². The van der Waals surface area contributed by atoms with Crippen LogP contribution in [0.1, 0.15) is 6.42 Å². The second-order valence-electron chi connectivity index (χ2n) is 3.58. The van der Waals surface area contributed by atoms with Gasteiger partial charge in [0.1, 0.15) is 0 Å². The van der Waals surface area contributed by atoms with Crippen molar-refractivity contribution in [2.24, 2.45) is 5.73 Å². The average molecular weight is 226 g/mol. The first-order chi connectivity index (χ1) is 7.16. The SMILES string of the molecule is NC1CC1NC(=O)Nc1ccccc1Cl. The molecule has 0 aromatic heterocycles. The first-order valence-electron chi connectivity index (χ1n) is 4.74. The topological polar surface area (TPSA) is 67.1 Å². The van der Waals surface area contributed by atoms with E-state index in [1.54, 1.807) is 12.1 Å². The molecule has 1 saturated carbocycles. The van der Waals surface area contributed by atoms with Gasteiger partial charge in [-0.15, -0.1) is 0 Å². The van der Waals surface area contributed by atoms with E-state index in [-0.39, 0.29) is 18.1 Å². The molecule has 2 amide bonds. The highest BCUT2D eigenvalue weighted by molar-refractivity contribution is 6.33. The van der Waals surface area contributed by atoms with Crippen molar-refractivity contribution in [1.82, 2.24) is 5.32 Å². The smallest absolute Gasteiger partial charge is 0.319 e. The number of para-hydroxylation sites is 1. The van der Waals surface area contributed by atoms with Crippen LogP contribution in [0.2, 0.25) is 5.02 Å². The molecule has 2 unspecified atom stereocenters. The summed E-state index contributed by atoms with van der Waals surface area (Å²) in [5.41, 5.74) is 6.17. The highest BCUT2D eigenvalue weighted by Crippen LogP contribution is 2.21. The maximum Gasteiger partial charge on any atom is 0.319 e. The van der Waals surface area contributed by atoms with Crippen LogP contribution in [0.4, 0.5) is 10.5 Å². The number of hydrogen-bond donors (Lipinski definition) is 3. The van der Waals surface area contributed by atoms with Gasteiger partial charge in [-0.25, -0.2) is 4.79 Å². The van der Waals surface area contributed by atoms with Gasteiger partial charge in [0.15, 0.2) is 0 Å². The summed E-state index contributed by atoms with van der Waals surface area (Å²) < 4.78 is 0. The van der Waals surface area contributed by atoms with Crippen LogP contribution in [-0.4, -0.2) is 18.1 Å². The van der Waals surface area contributed by atoms with Gasteiger partial charge >= 0.3 is 6.03 Å². The van der Waals surface area contributed by atoms with E-state index in [1.165, 1.54) is 0 Å². The Morgan fingerprint density at radius 1 is 1.47 bits per heavy atom. The lowest BCUT2D eigenvalue weighted by Gasteiger charge is -2.07. The number of anilines is 1. The summed E-state index contributed by atoms with van der Waals surface area (Å²) in [5, 5.41) is 5.93. The summed E-state index contributed by atoms with van der Waals surface area (Å²) in [6.07, 6.45) is 0.843. The van der Waals surface area contributed by atoms with Crippen LogP contribution in [0, 0.1) is 0 Å². The van der Waals surface area contributed by atoms with Gasteiger partial charge < -0.3 is 16.4 Å². The van der Waals surface area contributed by atoms with Crippen LogP contribution in [0.3, 0.4) is 0 Å². The van der Waals surface area contributed by atoms with Crippen molar-refractivity contribution in [3.05, 3.63) is 29.3 Å². The van der Waals surface area contributed by atoms with Gasteiger partial charge in [0.05, 0.1) is 10.7 Å². The first kappa shape index (κ1) is 10.3. The fraction of sp³-hybridized carbons (Fsp3) is 0.300. The third-order valence-corrected chi connectivity index (χ3v) is 2.61. The zero-order valence-corrected chi connectivity index (χ0v) is 8.79. The molecule has 0 spiro atoms. The molecule has 0 saturated heterocycles. The number of halogens is 1. The Balaban J connectivity index is 1.91. The number of hydrogen-bond acceptors (Lipinski definition) is 2. The zero-order valence-electron chi connectivity index (χ0n) is 8.03. The predicted molar refractivity (Wildman–Crippen MR) is 60.0 cm³/mol. The molecule has 1 aromatic carbocycles. The van der Waals surface area contributed by atoms with E-state index in [9.17, 15) is 4.79 Å². The Bertz CT molecular complexity index is 383. The van der Waals surface area contributed by atoms with Crippen LogP contribution < -0.4 is 16.4 Å². The molecule has 1 fully saturated rings. The number of carbonyl (C=O) groups is 1. The fourth-order valence-corrected chi connectivity index (χ4v) is 1.45. The second-order valence-corrected chi connectivity index (χ2v) is 3.99. The number of nitrogens with two attached hydrogens (primary N) is 1. The monoisotopic (exact) mass is 225 g/mol. The van der Waals surface area contributed by atoms with Gasteiger partial charge in [0.2, 0.25) is 0 Å². The van der Waals surface area contributed by atoms with E-state index in [0.29, 0.717) is 10.7 Å². The molecular weight excluding hydrogens is 214 g/mol. The molecule has 1 aliphatic carbocycles. The number of amides is 2. The summed E-state index contributed by atoms with van der Waals surface area (Å²) in [6, 6.07) is 7.02. The van der Waals surface area contributed by atoms with E-state index in [4.69, 9.17) is 17.3 Å². The third kappa shape index (κ3) is 2.61. The van der Waals surface area contributed by atoms with Crippen LogP contribution >= 0.6 is 11.6 Å². The van der Waals surface area contributed by atoms with Crippen molar-refractivity contribution in [3.8, 4) is 0 Å². The average Bonchev–Trinajstić information content (AvgIpc) is 2.86. The van der Waals surface area contributed by atoms with E-state index in [2.05, 4.69) is 10.6 Å². The maximum absolute atomic E-state index is 11.4. The standard InChI is InChI=1S/C10H12ClN3O/c11-6-3-1-2-4-8(6)13-10(15)14-9-5-7(9)12/h1-4,7,9H,5,12H2,(H2,13,14,15). The minimum Gasteiger partial charge on any atom is -0.334 e. The summed E-state index contributed by atoms with van der Waals surface area (Å²) in [5.74, 6) is 0. The fourth-order valence-electron chi connectivity index (χ4n) is 1.27. The molecule has 4 nitrogen and oxygen atoms in total. The van der Waals surface area contributed by atoms with Crippen LogP contribution in [0.25, 0.3) is 0 Å². The molecule has 4 N–H and O–H groups in total. The molecule has 5 heteroatoms. The van der Waals surface area contributed by atoms with Crippen LogP contribution in [-0.2, 0) is 0 Å². The molecule has 15 heavy (non-hydrogen) atoms. The molecule has 80 valence electrons. The normalized spacial score (nSPS) is 23.3.